The van der Waals surface area contributed by atoms with E-state index in [2.05, 4.69) is 5.32 Å². The number of imide groups is 2. The highest BCUT2D eigenvalue weighted by Crippen LogP contribution is 2.41. The Morgan fingerprint density at radius 2 is 1.83 bits per heavy atom. The lowest BCUT2D eigenvalue weighted by Crippen LogP contribution is -2.63. The normalized spacial score (nSPS) is 23.1. The van der Waals surface area contributed by atoms with Gasteiger partial charge in [0.2, 0.25) is 11.8 Å². The molecule has 1 saturated heterocycles. The molecule has 2 fully saturated rings. The van der Waals surface area contributed by atoms with Gasteiger partial charge >= 0.3 is 6.03 Å². The van der Waals surface area contributed by atoms with E-state index in [0.29, 0.717) is 25.9 Å². The minimum atomic E-state index is -0.972. The van der Waals surface area contributed by atoms with Crippen molar-refractivity contribution in [1.82, 2.24) is 15.1 Å². The van der Waals surface area contributed by atoms with Crippen molar-refractivity contribution in [2.75, 3.05) is 27.2 Å². The van der Waals surface area contributed by atoms with E-state index >= 15 is 0 Å². The molecule has 0 aromatic heterocycles. The van der Waals surface area contributed by atoms with Crippen molar-refractivity contribution in [2.45, 2.75) is 25.7 Å². The number of carbonyl (C=O) groups excluding carboxylic acids is 3. The highest BCUT2D eigenvalue weighted by Gasteiger charge is 2.54. The van der Waals surface area contributed by atoms with Crippen molar-refractivity contribution in [3.63, 3.8) is 0 Å². The topological polar surface area (TPSA) is 69.7 Å². The third kappa shape index (κ3) is 2.01. The van der Waals surface area contributed by atoms with Gasteiger partial charge in [-0.2, -0.15) is 0 Å². The zero-order valence-electron chi connectivity index (χ0n) is 10.9. The smallest absolute Gasteiger partial charge is 0.308 e. The second kappa shape index (κ2) is 4.68. The average Bonchev–Trinajstić information content (AvgIpc) is 2.76. The maximum atomic E-state index is 12.4. The first-order chi connectivity index (χ1) is 8.47. The third-order valence-electron chi connectivity index (χ3n) is 3.78. The number of likely N-dealkylation sites (N-methyl/N-ethyl adjacent to an activating group) is 1. The van der Waals surface area contributed by atoms with Gasteiger partial charge in [0, 0.05) is 13.1 Å². The maximum Gasteiger partial charge on any atom is 0.330 e. The van der Waals surface area contributed by atoms with Gasteiger partial charge in [-0.3, -0.25) is 19.8 Å². The van der Waals surface area contributed by atoms with Crippen LogP contribution in [0, 0.1) is 5.41 Å². The summed E-state index contributed by atoms with van der Waals surface area (Å²) in [5.41, 5.74) is -0.972. The van der Waals surface area contributed by atoms with Gasteiger partial charge in [-0.15, -0.1) is 0 Å². The minimum absolute atomic E-state index is 0.310. The summed E-state index contributed by atoms with van der Waals surface area (Å²) in [6.45, 7) is 0.927. The summed E-state index contributed by atoms with van der Waals surface area (Å²) in [6, 6.07) is -0.579. The Hall–Kier alpha value is -1.43. The number of barbiturate groups is 1. The molecule has 0 unspecified atom stereocenters. The maximum absolute atomic E-state index is 12.4. The Morgan fingerprint density at radius 1 is 1.22 bits per heavy atom. The lowest BCUT2D eigenvalue weighted by Gasteiger charge is -2.37. The van der Waals surface area contributed by atoms with Gasteiger partial charge in [-0.1, -0.05) is 12.8 Å². The number of urea groups is 1. The predicted molar refractivity (Wildman–Crippen MR) is 64.7 cm³/mol. The van der Waals surface area contributed by atoms with E-state index in [4.69, 9.17) is 0 Å². The molecular formula is C12H19N3O3. The molecule has 1 aliphatic carbocycles. The first-order valence-electron chi connectivity index (χ1n) is 6.29. The number of nitrogens with one attached hydrogen (secondary N) is 1. The first-order valence-corrected chi connectivity index (χ1v) is 6.29. The fraction of sp³-hybridized carbons (Fsp3) is 0.750. The number of hydrogen-bond acceptors (Lipinski definition) is 4. The molecule has 0 aromatic carbocycles. The summed E-state index contributed by atoms with van der Waals surface area (Å²) >= 11 is 0. The van der Waals surface area contributed by atoms with E-state index in [1.165, 1.54) is 4.90 Å². The van der Waals surface area contributed by atoms with Crippen LogP contribution in [0.15, 0.2) is 0 Å². The largest absolute Gasteiger partial charge is 0.330 e. The van der Waals surface area contributed by atoms with Crippen molar-refractivity contribution < 1.29 is 14.4 Å². The van der Waals surface area contributed by atoms with E-state index < -0.39 is 17.4 Å². The van der Waals surface area contributed by atoms with Crippen molar-refractivity contribution in [3.8, 4) is 0 Å². The van der Waals surface area contributed by atoms with Crippen LogP contribution in [0.1, 0.15) is 25.7 Å². The standard InChI is InChI=1S/C12H19N3O3/c1-14(2)7-8-15-10(17)12(5-3-4-6-12)9(16)13-11(15)18/h3-8H2,1-2H3,(H,13,16,18). The molecule has 1 saturated carbocycles. The Bertz CT molecular complexity index is 386. The fourth-order valence-corrected chi connectivity index (χ4v) is 2.65. The van der Waals surface area contributed by atoms with Crippen LogP contribution >= 0.6 is 0 Å². The molecule has 2 aliphatic rings. The number of rotatable bonds is 3. The van der Waals surface area contributed by atoms with Crippen molar-refractivity contribution in [1.29, 1.82) is 0 Å². The van der Waals surface area contributed by atoms with Gasteiger partial charge in [0.25, 0.3) is 0 Å². The number of amides is 4. The second-order valence-electron chi connectivity index (χ2n) is 5.31. The zero-order chi connectivity index (χ0) is 13.3. The van der Waals surface area contributed by atoms with Crippen molar-refractivity contribution >= 4 is 17.8 Å². The highest BCUT2D eigenvalue weighted by molar-refractivity contribution is 6.19. The van der Waals surface area contributed by atoms with Gasteiger partial charge in [0.15, 0.2) is 0 Å². The van der Waals surface area contributed by atoms with Gasteiger partial charge < -0.3 is 4.90 Å². The molecule has 100 valence electrons. The Morgan fingerprint density at radius 3 is 2.39 bits per heavy atom. The molecule has 6 nitrogen and oxygen atoms in total. The molecule has 4 amide bonds. The van der Waals surface area contributed by atoms with Gasteiger partial charge in [0.1, 0.15) is 5.41 Å². The SMILES string of the molecule is CN(C)CCN1C(=O)NC(=O)C2(CCCC2)C1=O. The van der Waals surface area contributed by atoms with Gasteiger partial charge in [-0.25, -0.2) is 4.79 Å². The second-order valence-corrected chi connectivity index (χ2v) is 5.31. The monoisotopic (exact) mass is 253 g/mol. The molecule has 0 aromatic rings. The Balaban J connectivity index is 2.17. The lowest BCUT2D eigenvalue weighted by atomic mass is 9.82. The van der Waals surface area contributed by atoms with Crippen LogP contribution < -0.4 is 5.32 Å². The van der Waals surface area contributed by atoms with Gasteiger partial charge in [0.05, 0.1) is 0 Å². The van der Waals surface area contributed by atoms with E-state index in [1.54, 1.807) is 0 Å². The van der Waals surface area contributed by atoms with Crippen LogP contribution in [0.5, 0.6) is 0 Å². The average molecular weight is 253 g/mol. The van der Waals surface area contributed by atoms with E-state index in [-0.39, 0.29) is 5.91 Å². The van der Waals surface area contributed by atoms with E-state index in [1.807, 2.05) is 19.0 Å². The molecular weight excluding hydrogens is 234 g/mol. The summed E-state index contributed by atoms with van der Waals surface area (Å²) in [5, 5.41) is 2.32. The molecule has 6 heteroatoms. The molecule has 1 spiro atoms. The van der Waals surface area contributed by atoms with Crippen molar-refractivity contribution in [3.05, 3.63) is 0 Å². The summed E-state index contributed by atoms with van der Waals surface area (Å²) in [6.07, 6.45) is 2.86. The molecule has 1 heterocycles. The first kappa shape index (κ1) is 13.0. The lowest BCUT2D eigenvalue weighted by molar-refractivity contribution is -0.151. The van der Waals surface area contributed by atoms with E-state index in [9.17, 15) is 14.4 Å². The van der Waals surface area contributed by atoms with Crippen LogP contribution in [0.4, 0.5) is 4.79 Å². The number of hydrogen-bond donors (Lipinski definition) is 1. The molecule has 1 N–H and O–H groups in total. The highest BCUT2D eigenvalue weighted by atomic mass is 16.2. The predicted octanol–water partition coefficient (Wildman–Crippen LogP) is 0.187. The molecule has 0 atom stereocenters. The quantitative estimate of drug-likeness (QED) is 0.729. The van der Waals surface area contributed by atoms with Crippen LogP contribution in [0.3, 0.4) is 0 Å². The van der Waals surface area contributed by atoms with Crippen molar-refractivity contribution in [2.24, 2.45) is 5.41 Å². The summed E-state index contributed by atoms with van der Waals surface area (Å²) in [4.78, 5) is 39.2. The molecule has 2 rings (SSSR count). The van der Waals surface area contributed by atoms with Crippen LogP contribution in [-0.2, 0) is 9.59 Å². The molecule has 1 aliphatic heterocycles. The Kier molecular flexibility index (Phi) is 3.38. The van der Waals surface area contributed by atoms with Crippen LogP contribution in [0.25, 0.3) is 0 Å². The molecule has 0 radical (unpaired) electrons. The summed E-state index contributed by atoms with van der Waals surface area (Å²) < 4.78 is 0. The Labute approximate surface area is 106 Å². The van der Waals surface area contributed by atoms with Crippen LogP contribution in [0.2, 0.25) is 0 Å². The molecule has 0 bridgehead atoms. The number of nitrogens with zero attached hydrogens (tertiary/aromatic N) is 2. The summed E-state index contributed by atoms with van der Waals surface area (Å²) in [7, 11) is 3.76. The minimum Gasteiger partial charge on any atom is -0.308 e. The van der Waals surface area contributed by atoms with Gasteiger partial charge in [-0.05, 0) is 26.9 Å². The third-order valence-corrected chi connectivity index (χ3v) is 3.78. The molecule has 18 heavy (non-hydrogen) atoms. The zero-order valence-corrected chi connectivity index (χ0v) is 10.9. The summed E-state index contributed by atoms with van der Waals surface area (Å²) in [5.74, 6) is -0.716. The van der Waals surface area contributed by atoms with Crippen LogP contribution in [-0.4, -0.2) is 54.8 Å². The fourth-order valence-electron chi connectivity index (χ4n) is 2.65. The number of carbonyl (C=O) groups is 3. The van der Waals surface area contributed by atoms with E-state index in [0.717, 1.165) is 12.8 Å².